The van der Waals surface area contributed by atoms with Gasteiger partial charge in [0.25, 0.3) is 0 Å². The molecule has 1 aromatic rings. The van der Waals surface area contributed by atoms with Crippen LogP contribution in [0.2, 0.25) is 0 Å². The Balaban J connectivity index is 1.78. The Morgan fingerprint density at radius 3 is 2.60 bits per heavy atom. The zero-order valence-electron chi connectivity index (χ0n) is 12.0. The van der Waals surface area contributed by atoms with E-state index in [4.69, 9.17) is 14.6 Å². The molecule has 0 bridgehead atoms. The lowest BCUT2D eigenvalue weighted by Crippen LogP contribution is -2.28. The van der Waals surface area contributed by atoms with Crippen molar-refractivity contribution in [3.05, 3.63) is 28.2 Å². The zero-order chi connectivity index (χ0) is 14.4. The third-order valence-electron chi connectivity index (χ3n) is 3.79. The number of hydrogen-bond acceptors (Lipinski definition) is 3. The van der Waals surface area contributed by atoms with Crippen molar-refractivity contribution < 1.29 is 14.6 Å². The average molecular weight is 343 g/mol. The molecule has 1 saturated carbocycles. The second kappa shape index (κ2) is 8.01. The third-order valence-corrected chi connectivity index (χ3v) is 4.65. The van der Waals surface area contributed by atoms with Crippen molar-refractivity contribution in [3.63, 3.8) is 0 Å². The number of aliphatic hydroxyl groups is 1. The molecule has 0 heterocycles. The summed E-state index contributed by atoms with van der Waals surface area (Å²) in [5, 5.41) is 8.75. The second-order valence-electron chi connectivity index (χ2n) is 5.33. The maximum atomic E-state index is 8.75. The van der Waals surface area contributed by atoms with E-state index in [2.05, 4.69) is 22.9 Å². The van der Waals surface area contributed by atoms with Gasteiger partial charge < -0.3 is 14.6 Å². The van der Waals surface area contributed by atoms with Crippen molar-refractivity contribution in [3.8, 4) is 5.75 Å². The number of hydrogen-bond donors (Lipinski definition) is 1. The molecule has 0 aliphatic heterocycles. The van der Waals surface area contributed by atoms with Crippen LogP contribution < -0.4 is 4.74 Å². The van der Waals surface area contributed by atoms with Crippen molar-refractivity contribution in [2.24, 2.45) is 0 Å². The average Bonchev–Trinajstić information content (AvgIpc) is 2.46. The summed E-state index contributed by atoms with van der Waals surface area (Å²) in [5.74, 6) is 0.976. The summed E-state index contributed by atoms with van der Waals surface area (Å²) < 4.78 is 13.0. The molecule has 1 aromatic carbocycles. The Morgan fingerprint density at radius 2 is 1.90 bits per heavy atom. The molecule has 1 aliphatic carbocycles. The molecule has 3 nitrogen and oxygen atoms in total. The van der Waals surface area contributed by atoms with Crippen LogP contribution in [0.25, 0.3) is 0 Å². The van der Waals surface area contributed by atoms with E-state index in [9.17, 15) is 0 Å². The molecule has 20 heavy (non-hydrogen) atoms. The first-order valence-electron chi connectivity index (χ1n) is 7.35. The van der Waals surface area contributed by atoms with Gasteiger partial charge in [0, 0.05) is 23.2 Å². The van der Waals surface area contributed by atoms with Crippen molar-refractivity contribution in [2.45, 2.75) is 51.2 Å². The van der Waals surface area contributed by atoms with E-state index in [1.807, 2.05) is 18.2 Å². The minimum Gasteiger partial charge on any atom is -0.490 e. The Bertz CT molecular complexity index is 414. The van der Waals surface area contributed by atoms with Crippen molar-refractivity contribution >= 4 is 15.9 Å². The van der Waals surface area contributed by atoms with Gasteiger partial charge in [-0.15, -0.1) is 0 Å². The van der Waals surface area contributed by atoms with E-state index in [1.165, 1.54) is 0 Å². The van der Waals surface area contributed by atoms with Crippen LogP contribution in [0.3, 0.4) is 0 Å². The first-order chi connectivity index (χ1) is 9.70. The predicted octanol–water partition coefficient (Wildman–Crippen LogP) is 3.85. The number of aliphatic hydroxyl groups excluding tert-OH is 1. The summed E-state index contributed by atoms with van der Waals surface area (Å²) in [5.41, 5.74) is 1.16. The fourth-order valence-corrected chi connectivity index (χ4v) is 2.87. The highest BCUT2D eigenvalue weighted by atomic mass is 79.9. The molecule has 1 fully saturated rings. The van der Waals surface area contributed by atoms with Crippen LogP contribution in [0.5, 0.6) is 5.75 Å². The molecule has 2 rings (SSSR count). The molecular formula is C16H23BrO3. The SMILES string of the molecule is Cc1c(Br)cccc1OC1CCC(OCCCO)CC1. The minimum atomic E-state index is 0.209. The molecule has 4 heteroatoms. The van der Waals surface area contributed by atoms with E-state index in [0.29, 0.717) is 18.8 Å². The lowest BCUT2D eigenvalue weighted by atomic mass is 9.95. The van der Waals surface area contributed by atoms with Crippen molar-refractivity contribution in [2.75, 3.05) is 13.2 Å². The van der Waals surface area contributed by atoms with Crippen LogP contribution >= 0.6 is 15.9 Å². The number of ether oxygens (including phenoxy) is 2. The van der Waals surface area contributed by atoms with Gasteiger partial charge >= 0.3 is 0 Å². The lowest BCUT2D eigenvalue weighted by Gasteiger charge is -2.29. The molecule has 0 amide bonds. The fraction of sp³-hybridized carbons (Fsp3) is 0.625. The maximum Gasteiger partial charge on any atom is 0.123 e. The van der Waals surface area contributed by atoms with Crippen LogP contribution in [-0.4, -0.2) is 30.5 Å². The van der Waals surface area contributed by atoms with Gasteiger partial charge in [-0.1, -0.05) is 22.0 Å². The quantitative estimate of drug-likeness (QED) is 0.798. The van der Waals surface area contributed by atoms with Crippen LogP contribution in [0.15, 0.2) is 22.7 Å². The summed E-state index contributed by atoms with van der Waals surface area (Å²) >= 11 is 3.54. The third kappa shape index (κ3) is 4.47. The number of benzene rings is 1. The van der Waals surface area contributed by atoms with Crippen LogP contribution in [0.4, 0.5) is 0 Å². The van der Waals surface area contributed by atoms with Gasteiger partial charge in [0.1, 0.15) is 5.75 Å². The van der Waals surface area contributed by atoms with E-state index in [0.717, 1.165) is 47.9 Å². The van der Waals surface area contributed by atoms with E-state index in [1.54, 1.807) is 0 Å². The molecule has 0 aromatic heterocycles. The number of rotatable bonds is 6. The van der Waals surface area contributed by atoms with Crippen LogP contribution in [0, 0.1) is 6.92 Å². The van der Waals surface area contributed by atoms with E-state index < -0.39 is 0 Å². The zero-order valence-corrected chi connectivity index (χ0v) is 13.6. The summed E-state index contributed by atoms with van der Waals surface area (Å²) in [4.78, 5) is 0. The molecule has 0 atom stereocenters. The second-order valence-corrected chi connectivity index (χ2v) is 6.18. The largest absolute Gasteiger partial charge is 0.490 e. The summed E-state index contributed by atoms with van der Waals surface area (Å²) in [6, 6.07) is 6.08. The van der Waals surface area contributed by atoms with Gasteiger partial charge in [0.2, 0.25) is 0 Å². The predicted molar refractivity (Wildman–Crippen MR) is 83.2 cm³/mol. The Morgan fingerprint density at radius 1 is 1.20 bits per heavy atom. The van der Waals surface area contributed by atoms with E-state index >= 15 is 0 Å². The van der Waals surface area contributed by atoms with Gasteiger partial charge in [0.15, 0.2) is 0 Å². The minimum absolute atomic E-state index is 0.209. The molecule has 0 radical (unpaired) electrons. The molecular weight excluding hydrogens is 320 g/mol. The van der Waals surface area contributed by atoms with Crippen molar-refractivity contribution in [1.82, 2.24) is 0 Å². The first-order valence-corrected chi connectivity index (χ1v) is 8.14. The monoisotopic (exact) mass is 342 g/mol. The highest BCUT2D eigenvalue weighted by Gasteiger charge is 2.23. The topological polar surface area (TPSA) is 38.7 Å². The fourth-order valence-electron chi connectivity index (χ4n) is 2.53. The van der Waals surface area contributed by atoms with Crippen LogP contribution in [-0.2, 0) is 4.74 Å². The number of halogens is 1. The standard InChI is InChI=1S/C16H23BrO3/c1-12-15(17)4-2-5-16(12)20-14-8-6-13(7-9-14)19-11-3-10-18/h2,4-5,13-14,18H,3,6-11H2,1H3. The summed E-state index contributed by atoms with van der Waals surface area (Å²) in [6.45, 7) is 2.95. The lowest BCUT2D eigenvalue weighted by molar-refractivity contribution is -0.00219. The van der Waals surface area contributed by atoms with Gasteiger partial charge in [0.05, 0.1) is 12.2 Å². The van der Waals surface area contributed by atoms with Crippen molar-refractivity contribution in [1.29, 1.82) is 0 Å². The molecule has 1 aliphatic rings. The Kier molecular flexibility index (Phi) is 6.33. The highest BCUT2D eigenvalue weighted by Crippen LogP contribution is 2.30. The van der Waals surface area contributed by atoms with Gasteiger partial charge in [-0.2, -0.15) is 0 Å². The molecule has 1 N–H and O–H groups in total. The van der Waals surface area contributed by atoms with Gasteiger partial charge in [-0.05, 0) is 51.2 Å². The Labute approximate surface area is 129 Å². The first kappa shape index (κ1) is 15.8. The van der Waals surface area contributed by atoms with Gasteiger partial charge in [-0.3, -0.25) is 0 Å². The normalized spacial score (nSPS) is 22.8. The molecule has 112 valence electrons. The van der Waals surface area contributed by atoms with Crippen LogP contribution in [0.1, 0.15) is 37.7 Å². The highest BCUT2D eigenvalue weighted by molar-refractivity contribution is 9.10. The van der Waals surface area contributed by atoms with E-state index in [-0.39, 0.29) is 6.61 Å². The molecule has 0 saturated heterocycles. The Hall–Kier alpha value is -0.580. The maximum absolute atomic E-state index is 8.75. The summed E-state index contributed by atoms with van der Waals surface area (Å²) in [6.07, 6.45) is 5.52. The molecule has 0 spiro atoms. The smallest absolute Gasteiger partial charge is 0.123 e. The summed E-state index contributed by atoms with van der Waals surface area (Å²) in [7, 11) is 0. The molecule has 0 unspecified atom stereocenters. The van der Waals surface area contributed by atoms with Gasteiger partial charge in [-0.25, -0.2) is 0 Å².